The highest BCUT2D eigenvalue weighted by Gasteiger charge is 2.17. The van der Waals surface area contributed by atoms with Gasteiger partial charge in [-0.3, -0.25) is 0 Å². The van der Waals surface area contributed by atoms with Crippen LogP contribution in [0.25, 0.3) is 0 Å². The number of hydrogen-bond acceptors (Lipinski definition) is 3. The summed E-state index contributed by atoms with van der Waals surface area (Å²) in [6, 6.07) is 5.75. The van der Waals surface area contributed by atoms with Crippen LogP contribution in [-0.2, 0) is 15.9 Å². The van der Waals surface area contributed by atoms with E-state index in [1.807, 2.05) is 39.0 Å². The molecular weight excluding hydrogens is 239 g/mol. The van der Waals surface area contributed by atoms with Crippen LogP contribution in [0, 0.1) is 12.8 Å². The van der Waals surface area contributed by atoms with E-state index < -0.39 is 6.10 Å². The topological polar surface area (TPSA) is 35.5 Å². The van der Waals surface area contributed by atoms with E-state index in [-0.39, 0.29) is 5.97 Å². The molecule has 0 aliphatic heterocycles. The zero-order valence-corrected chi connectivity index (χ0v) is 12.1. The fraction of sp³-hybridized carbons (Fsp3) is 0.533. The first kappa shape index (κ1) is 15.6. The van der Waals surface area contributed by atoms with Gasteiger partial charge in [-0.1, -0.05) is 37.9 Å². The first-order valence-corrected chi connectivity index (χ1v) is 6.57. The number of carbonyl (C=O) groups excluding carboxylic acids is 1. The third-order valence-corrected chi connectivity index (χ3v) is 2.68. The molecule has 0 N–H and O–H groups in total. The lowest BCUT2D eigenvalue weighted by molar-refractivity contribution is -0.152. The molecule has 0 saturated carbocycles. The maximum absolute atomic E-state index is 11.7. The quantitative estimate of drug-likeness (QED) is 0.582. The number of aryl methyl sites for hydroxylation is 1. The highest BCUT2D eigenvalue weighted by Crippen LogP contribution is 2.21. The largest absolute Gasteiger partial charge is 0.479 e. The van der Waals surface area contributed by atoms with Crippen molar-refractivity contribution in [3.05, 3.63) is 29.3 Å². The smallest absolute Gasteiger partial charge is 0.347 e. The van der Waals surface area contributed by atoms with E-state index >= 15 is 0 Å². The number of benzene rings is 1. The Morgan fingerprint density at radius 3 is 2.58 bits per heavy atom. The Kier molecular flexibility index (Phi) is 5.93. The van der Waals surface area contributed by atoms with Crippen molar-refractivity contribution < 1.29 is 14.3 Å². The highest BCUT2D eigenvalue weighted by molar-refractivity contribution is 6.08. The average molecular weight is 260 g/mol. The van der Waals surface area contributed by atoms with Gasteiger partial charge < -0.3 is 9.47 Å². The van der Waals surface area contributed by atoms with Crippen LogP contribution in [0.2, 0.25) is 0 Å². The van der Waals surface area contributed by atoms with Crippen LogP contribution in [0.15, 0.2) is 18.2 Å². The van der Waals surface area contributed by atoms with Gasteiger partial charge in [0.25, 0.3) is 0 Å². The minimum Gasteiger partial charge on any atom is -0.479 e. The lowest BCUT2D eigenvalue weighted by Crippen LogP contribution is -2.27. The van der Waals surface area contributed by atoms with Crippen LogP contribution in [0.1, 0.15) is 31.9 Å². The standard InChI is InChI=1S/C15H21BO3/c1-10(2)9-18-15(17)12(4)19-14-7-13(8-16)6-5-11(14)3/h5-7,10,12H,8-9H2,1-4H3/t12-/m0/s1. The molecule has 1 aromatic carbocycles. The second-order valence-electron chi connectivity index (χ2n) is 5.09. The summed E-state index contributed by atoms with van der Waals surface area (Å²) in [6.07, 6.45) is -0.173. The maximum Gasteiger partial charge on any atom is 0.347 e. The van der Waals surface area contributed by atoms with E-state index in [0.717, 1.165) is 11.1 Å². The third-order valence-electron chi connectivity index (χ3n) is 2.68. The van der Waals surface area contributed by atoms with Crippen molar-refractivity contribution in [3.8, 4) is 5.75 Å². The number of rotatable bonds is 6. The molecule has 0 bridgehead atoms. The van der Waals surface area contributed by atoms with Crippen molar-refractivity contribution in [3.63, 3.8) is 0 Å². The van der Waals surface area contributed by atoms with E-state index in [0.29, 0.717) is 24.6 Å². The molecule has 3 nitrogen and oxygen atoms in total. The van der Waals surface area contributed by atoms with Crippen LogP contribution in [0.4, 0.5) is 0 Å². The summed E-state index contributed by atoms with van der Waals surface area (Å²) in [6.45, 7) is 8.02. The minimum atomic E-state index is -0.620. The van der Waals surface area contributed by atoms with Crippen molar-refractivity contribution >= 4 is 13.8 Å². The minimum absolute atomic E-state index is 0.318. The van der Waals surface area contributed by atoms with E-state index in [9.17, 15) is 4.79 Å². The predicted octanol–water partition coefficient (Wildman–Crippen LogP) is 2.63. The number of carbonyl (C=O) groups is 1. The molecule has 4 heteroatoms. The number of ether oxygens (including phenoxy) is 2. The second kappa shape index (κ2) is 7.22. The Morgan fingerprint density at radius 1 is 1.32 bits per heavy atom. The van der Waals surface area contributed by atoms with Gasteiger partial charge in [-0.2, -0.15) is 0 Å². The first-order chi connectivity index (χ1) is 8.93. The molecule has 0 saturated heterocycles. The van der Waals surface area contributed by atoms with E-state index in [1.54, 1.807) is 6.92 Å². The fourth-order valence-electron chi connectivity index (χ4n) is 1.50. The van der Waals surface area contributed by atoms with Crippen molar-refractivity contribution in [2.24, 2.45) is 5.92 Å². The predicted molar refractivity (Wildman–Crippen MR) is 76.5 cm³/mol. The summed E-state index contributed by atoms with van der Waals surface area (Å²) >= 11 is 0. The van der Waals surface area contributed by atoms with Gasteiger partial charge in [0.05, 0.1) is 14.5 Å². The zero-order valence-electron chi connectivity index (χ0n) is 12.1. The summed E-state index contributed by atoms with van der Waals surface area (Å²) < 4.78 is 10.8. The molecule has 1 aromatic rings. The van der Waals surface area contributed by atoms with Crippen LogP contribution in [0.5, 0.6) is 5.75 Å². The van der Waals surface area contributed by atoms with Gasteiger partial charge in [0.2, 0.25) is 0 Å². The molecule has 0 aromatic heterocycles. The summed E-state index contributed by atoms with van der Waals surface area (Å²) in [4.78, 5) is 11.7. The average Bonchev–Trinajstić information content (AvgIpc) is 2.38. The van der Waals surface area contributed by atoms with Gasteiger partial charge >= 0.3 is 5.97 Å². The molecule has 1 atom stereocenters. The van der Waals surface area contributed by atoms with Crippen molar-refractivity contribution in [2.75, 3.05) is 6.61 Å². The molecule has 19 heavy (non-hydrogen) atoms. The molecule has 0 fully saturated rings. The molecule has 1 rings (SSSR count). The Bertz CT molecular complexity index is 429. The Morgan fingerprint density at radius 2 is 2.00 bits per heavy atom. The van der Waals surface area contributed by atoms with Gasteiger partial charge in [-0.05, 0) is 31.4 Å². The monoisotopic (exact) mass is 260 g/mol. The summed E-state index contributed by atoms with van der Waals surface area (Å²) in [5.74, 6) is 0.654. The third kappa shape index (κ3) is 4.97. The second-order valence-corrected chi connectivity index (χ2v) is 5.09. The molecule has 102 valence electrons. The summed E-state index contributed by atoms with van der Waals surface area (Å²) in [5, 5.41) is 0. The lowest BCUT2D eigenvalue weighted by atomic mass is 9.96. The Hall–Kier alpha value is -1.45. The molecule has 0 aliphatic rings. The first-order valence-electron chi connectivity index (χ1n) is 6.57. The molecule has 0 heterocycles. The number of esters is 1. The lowest BCUT2D eigenvalue weighted by Gasteiger charge is -2.17. The van der Waals surface area contributed by atoms with E-state index in [2.05, 4.69) is 0 Å². The zero-order chi connectivity index (χ0) is 14.4. The number of hydrogen-bond donors (Lipinski definition) is 0. The normalized spacial score (nSPS) is 12.3. The van der Waals surface area contributed by atoms with Crippen molar-refractivity contribution in [1.82, 2.24) is 0 Å². The summed E-state index contributed by atoms with van der Waals surface area (Å²) in [7, 11) is 5.59. The van der Waals surface area contributed by atoms with Crippen LogP contribution in [0.3, 0.4) is 0 Å². The fourth-order valence-corrected chi connectivity index (χ4v) is 1.50. The van der Waals surface area contributed by atoms with Gasteiger partial charge in [0.1, 0.15) is 5.75 Å². The van der Waals surface area contributed by atoms with Crippen LogP contribution in [-0.4, -0.2) is 26.5 Å². The molecule has 0 aliphatic carbocycles. The van der Waals surface area contributed by atoms with Crippen molar-refractivity contribution in [1.29, 1.82) is 0 Å². The Labute approximate surface area is 116 Å². The highest BCUT2D eigenvalue weighted by atomic mass is 16.6. The van der Waals surface area contributed by atoms with Gasteiger partial charge in [-0.25, -0.2) is 4.79 Å². The van der Waals surface area contributed by atoms with Gasteiger partial charge in [-0.15, -0.1) is 0 Å². The molecule has 2 radical (unpaired) electrons. The molecule has 0 spiro atoms. The molecule has 0 unspecified atom stereocenters. The van der Waals surface area contributed by atoms with E-state index in [4.69, 9.17) is 17.3 Å². The van der Waals surface area contributed by atoms with Crippen molar-refractivity contribution in [2.45, 2.75) is 40.1 Å². The Balaban J connectivity index is 2.65. The maximum atomic E-state index is 11.7. The van der Waals surface area contributed by atoms with Crippen LogP contribution < -0.4 is 4.74 Å². The van der Waals surface area contributed by atoms with Gasteiger partial charge in [0, 0.05) is 0 Å². The SMILES string of the molecule is [B]Cc1ccc(C)c(O[C@@H](C)C(=O)OCC(C)C)c1. The van der Waals surface area contributed by atoms with E-state index in [1.165, 1.54) is 0 Å². The van der Waals surface area contributed by atoms with Gasteiger partial charge in [0.15, 0.2) is 6.10 Å². The van der Waals surface area contributed by atoms with Crippen LogP contribution >= 0.6 is 0 Å². The molecular formula is C15H21BO3. The molecule has 0 amide bonds. The summed E-state index contributed by atoms with van der Waals surface area (Å²) in [5.41, 5.74) is 1.95.